The maximum Gasteiger partial charge on any atom is 1.00 e. The molecule has 1 aliphatic rings. The fraction of sp³-hybridized carbons (Fsp3) is 0.316. The number of carbonyl (C=O) groups excluding carboxylic acids is 8. The predicted molar refractivity (Wildman–Crippen MR) is 353 cm³/mol. The summed E-state index contributed by atoms with van der Waals surface area (Å²) in [5.41, 5.74) is 5.34. The molecule has 0 radical (unpaired) electrons. The molecular weight excluding hydrogens is 1300 g/mol. The summed E-state index contributed by atoms with van der Waals surface area (Å²) < 4.78 is 34.2. The molecule has 8 bridgehead atoms. The molecule has 0 fully saturated rings. The van der Waals surface area contributed by atoms with Crippen LogP contribution in [0.1, 0.15) is 208 Å². The molecule has 9 rings (SSSR count). The molecule has 0 spiro atoms. The average Bonchev–Trinajstić information content (AvgIpc) is 0.765. The second-order valence-corrected chi connectivity index (χ2v) is 26.1. The molecule has 508 valence electrons. The van der Waals surface area contributed by atoms with Crippen molar-refractivity contribution in [3.8, 4) is 45.8 Å². The molecule has 0 atom stereocenters. The molecule has 0 saturated heterocycles. The molecule has 0 saturated carbocycles. The molecule has 0 unspecified atom stereocenters. The molecule has 100 heavy (non-hydrogen) atoms. The van der Waals surface area contributed by atoms with Crippen LogP contribution in [-0.2, 0) is 78.3 Å². The van der Waals surface area contributed by atoms with Gasteiger partial charge < -0.3 is 58.4 Å². The van der Waals surface area contributed by atoms with Gasteiger partial charge in [-0.05, 0) is 166 Å². The van der Waals surface area contributed by atoms with Crippen LogP contribution in [0.4, 0.5) is 0 Å². The third-order valence-corrected chi connectivity index (χ3v) is 16.6. The second-order valence-electron chi connectivity index (χ2n) is 26.1. The number of benzene rings is 4. The number of aryl methyl sites for hydroxylation is 2. The van der Waals surface area contributed by atoms with E-state index in [1.807, 2.05) is 65.8 Å². The predicted octanol–water partition coefficient (Wildman–Crippen LogP) is 3.64. The number of aromatic nitrogens is 4. The van der Waals surface area contributed by atoms with Crippen molar-refractivity contribution in [2.24, 2.45) is 0 Å². The summed E-state index contributed by atoms with van der Waals surface area (Å²) in [6.07, 6.45) is -2.78. The molecule has 0 aliphatic heterocycles. The van der Waals surface area contributed by atoms with Gasteiger partial charge >= 0.3 is 83.0 Å². The Kier molecular flexibility index (Phi) is 25.7. The first kappa shape index (κ1) is 78.2. The third-order valence-electron chi connectivity index (χ3n) is 16.6. The summed E-state index contributed by atoms with van der Waals surface area (Å²) in [5.74, 6) is -6.87. The van der Waals surface area contributed by atoms with Crippen molar-refractivity contribution in [3.05, 3.63) is 209 Å². The number of rotatable bonds is 20. The molecule has 22 nitrogen and oxygen atoms in total. The van der Waals surface area contributed by atoms with E-state index in [0.717, 1.165) is 11.1 Å². The smallest absolute Gasteiger partial charge is 0.550 e. The molecular formula is C76H74N4Na2O18. The number of hydrogen-bond acceptors (Lipinski definition) is 22. The minimum atomic E-state index is -1.45. The van der Waals surface area contributed by atoms with Gasteiger partial charge in [-0.1, -0.05) is 65.8 Å². The second kappa shape index (κ2) is 32.9. The van der Waals surface area contributed by atoms with Gasteiger partial charge in [0.25, 0.3) is 0 Å². The van der Waals surface area contributed by atoms with Crippen LogP contribution >= 0.6 is 0 Å². The summed E-state index contributed by atoms with van der Waals surface area (Å²) in [7, 11) is 4.91. The number of methoxy groups -OCH3 is 4. The number of aromatic hydroxyl groups is 2. The number of ether oxygens (including phenoxy) is 6. The molecule has 2 N–H and O–H groups in total. The van der Waals surface area contributed by atoms with E-state index in [2.05, 4.69) is 9.97 Å². The van der Waals surface area contributed by atoms with E-state index in [1.165, 1.54) is 77.0 Å². The van der Waals surface area contributed by atoms with E-state index in [9.17, 15) is 58.8 Å². The van der Waals surface area contributed by atoms with Crippen molar-refractivity contribution >= 4 is 47.4 Å². The van der Waals surface area contributed by atoms with Crippen molar-refractivity contribution < 1.29 is 146 Å². The van der Waals surface area contributed by atoms with Crippen molar-refractivity contribution in [1.29, 1.82) is 0 Å². The van der Waals surface area contributed by atoms with E-state index in [1.54, 1.807) is 38.1 Å². The Labute approximate surface area is 622 Å². The minimum Gasteiger partial charge on any atom is -0.550 e. The van der Waals surface area contributed by atoms with Gasteiger partial charge in [-0.25, -0.2) is 29.1 Å². The summed E-state index contributed by atoms with van der Waals surface area (Å²) in [5, 5.41) is 49.8. The van der Waals surface area contributed by atoms with E-state index in [4.69, 9.17) is 38.4 Å². The number of carboxylic acid groups (broad SMARTS) is 2. The van der Waals surface area contributed by atoms with Gasteiger partial charge in [0.1, 0.15) is 36.2 Å². The van der Waals surface area contributed by atoms with Crippen LogP contribution in [0.3, 0.4) is 0 Å². The third kappa shape index (κ3) is 18.8. The number of fused-ring (bicyclic) bond motifs is 8. The number of Topliss-reactive ketones (excluding diaryl/α,β-unsaturated/α-hetero) is 2. The minimum absolute atomic E-state index is 0. The van der Waals surface area contributed by atoms with Crippen molar-refractivity contribution in [3.63, 3.8) is 0 Å². The van der Waals surface area contributed by atoms with Gasteiger partial charge in [0, 0.05) is 73.0 Å². The van der Waals surface area contributed by atoms with Crippen LogP contribution in [-0.4, -0.2) is 106 Å². The monoisotopic (exact) mass is 1380 g/mol. The number of hydrogen-bond donors (Lipinski definition) is 2. The fourth-order valence-corrected chi connectivity index (χ4v) is 11.6. The summed E-state index contributed by atoms with van der Waals surface area (Å²) in [4.78, 5) is 124. The largest absolute Gasteiger partial charge is 1.00 e. The van der Waals surface area contributed by atoms with E-state index < -0.39 is 83.9 Å². The quantitative estimate of drug-likeness (QED) is 0.0476. The molecule has 4 aromatic heterocycles. The normalized spacial score (nSPS) is 11.8. The maximum atomic E-state index is 14.4. The first-order chi connectivity index (χ1) is 46.3. The summed E-state index contributed by atoms with van der Waals surface area (Å²) in [6.45, 7) is 14.4. The number of phenols is 2. The van der Waals surface area contributed by atoms with Crippen LogP contribution < -0.4 is 78.8 Å². The number of ketones is 2. The van der Waals surface area contributed by atoms with Gasteiger partial charge in [-0.3, -0.25) is 19.6 Å². The summed E-state index contributed by atoms with van der Waals surface area (Å²) >= 11 is 0. The fourth-order valence-electron chi connectivity index (χ4n) is 11.6. The van der Waals surface area contributed by atoms with Crippen molar-refractivity contribution in [2.75, 3.05) is 28.4 Å². The number of pyridine rings is 4. The molecule has 4 aromatic carbocycles. The van der Waals surface area contributed by atoms with E-state index in [0.29, 0.717) is 55.9 Å². The zero-order valence-corrected chi connectivity index (χ0v) is 62.5. The van der Waals surface area contributed by atoms with Gasteiger partial charge in [0.2, 0.25) is 0 Å². The van der Waals surface area contributed by atoms with Crippen molar-refractivity contribution in [2.45, 2.75) is 131 Å². The van der Waals surface area contributed by atoms with Crippen molar-refractivity contribution in [1.82, 2.24) is 19.9 Å². The number of carboxylic acids is 2. The standard InChI is InChI=1S/C76H76N4O18.2Na/c1-39-17-51(71(89)93-9)33-59(77-39)61-35-53(73(91)95-11)31-57(79-61)37-97-69-47-19-41(63(81)13-15-65(83)84)20-48(69)24-44-28-56(76(6,7)8)30-46(68(44)88)26-50-22-42(64(82)14-16-66(85)86)21-49(25-45-29-55(75(3,4)5)27-43(23-47)67(45)87)70(50)98-38-58-32-54(74(92)96-12)36-62(80-58)60-34-52(72(90)94-10)18-40(2)78-60;;/h17-22,27-36,87-88H,13-16,23-26,37-38H2,1-12H3,(H,83,84)(H,85,86);;/q;2*+1/p-2. The average molecular weight is 1380 g/mol. The molecule has 1 aliphatic carbocycles. The summed E-state index contributed by atoms with van der Waals surface area (Å²) in [6, 6.07) is 25.3. The van der Waals surface area contributed by atoms with Crippen LogP contribution in [0.2, 0.25) is 0 Å². The zero-order chi connectivity index (χ0) is 71.2. The van der Waals surface area contributed by atoms with Crippen LogP contribution in [0.15, 0.2) is 97.1 Å². The maximum absolute atomic E-state index is 14.4. The van der Waals surface area contributed by atoms with E-state index >= 15 is 0 Å². The Bertz CT molecular complexity index is 4190. The molecule has 8 aromatic rings. The first-order valence-corrected chi connectivity index (χ1v) is 31.4. The number of esters is 4. The van der Waals surface area contributed by atoms with Crippen LogP contribution in [0.25, 0.3) is 22.8 Å². The molecule has 24 heteroatoms. The number of aliphatic carboxylic acids is 2. The first-order valence-electron chi connectivity index (χ1n) is 31.4. The van der Waals surface area contributed by atoms with Gasteiger partial charge in [0.15, 0.2) is 11.6 Å². The zero-order valence-electron chi connectivity index (χ0n) is 58.5. The Morgan fingerprint density at radius 1 is 0.380 bits per heavy atom. The molecule has 0 amide bonds. The molecule has 4 heterocycles. The van der Waals surface area contributed by atoms with Gasteiger partial charge in [-0.15, -0.1) is 0 Å². The Hall–Kier alpha value is -9.16. The number of carbonyl (C=O) groups is 8. The SMILES string of the molecule is COC(=O)c1cc(C)nc(-c2cc(C(=O)OC)cc(COc3c4cc(C(=O)CCC(=O)[O-])cc3Cc3cc(C(C)(C)C)cc(c3O)Cc3cc(C(=O)CCC(=O)[O-])cc(c3OCc3cc(C(=O)OC)cc(-c5cc(C(=O)OC)cc(C)n5)n3)Cc3cc(C(C)(C)C)cc(c3O)C4)n2)c1.[Na+].[Na+]. The van der Waals surface area contributed by atoms with Gasteiger partial charge in [-0.2, -0.15) is 0 Å². The Morgan fingerprint density at radius 2 is 0.650 bits per heavy atom. The van der Waals surface area contributed by atoms with E-state index in [-0.39, 0.29) is 189 Å². The number of phenolic OH excluding ortho intramolecular Hbond substituents is 2. The van der Waals surface area contributed by atoms with Crippen LogP contribution in [0.5, 0.6) is 23.0 Å². The topological polar surface area (TPSA) is 330 Å². The Balaban J connectivity index is 0.00000702. The number of nitrogens with zero attached hydrogens (tertiary/aromatic N) is 4. The Morgan fingerprint density at radius 3 is 0.910 bits per heavy atom. The van der Waals surface area contributed by atoms with Crippen LogP contribution in [0, 0.1) is 13.8 Å². The van der Waals surface area contributed by atoms with Gasteiger partial charge in [0.05, 0.1) is 84.9 Å².